The number of nitrogens with one attached hydrogen (secondary N) is 2. The molecule has 1 heterocycles. The van der Waals surface area contributed by atoms with E-state index < -0.39 is 11.9 Å². The number of carbonyl (C=O) groups is 1. The summed E-state index contributed by atoms with van der Waals surface area (Å²) in [6, 6.07) is 9.71. The van der Waals surface area contributed by atoms with Crippen LogP contribution in [0.25, 0.3) is 0 Å². The first-order valence-electron chi connectivity index (χ1n) is 13.1. The molecule has 0 radical (unpaired) electrons. The minimum Gasteiger partial charge on any atom is -0.398 e. The van der Waals surface area contributed by atoms with Crippen LogP contribution in [0.3, 0.4) is 0 Å². The third-order valence-electron chi connectivity index (χ3n) is 7.77. The van der Waals surface area contributed by atoms with Crippen LogP contribution in [0, 0.1) is 17.2 Å². The fourth-order valence-electron chi connectivity index (χ4n) is 6.19. The van der Waals surface area contributed by atoms with Crippen LogP contribution in [-0.2, 0) is 4.79 Å². The smallest absolute Gasteiger partial charge is 0.237 e. The van der Waals surface area contributed by atoms with Crippen molar-refractivity contribution in [3.05, 3.63) is 63.4 Å². The Morgan fingerprint density at radius 1 is 1.19 bits per heavy atom. The van der Waals surface area contributed by atoms with E-state index in [0.29, 0.717) is 28.7 Å². The lowest BCUT2D eigenvalue weighted by Gasteiger charge is -2.31. The average molecular weight is 551 g/mol. The van der Waals surface area contributed by atoms with E-state index in [1.54, 1.807) is 6.07 Å². The molecule has 1 aliphatic carbocycles. The predicted molar refractivity (Wildman–Crippen MR) is 149 cm³/mol. The number of nitrogen functional groups attached to an aromatic ring is 1. The standard InChI is InChI=1S/C29H38Cl2FN3O2/c1-29(2,3)15-24-26(20-13-22(32)21(31)14-23(20)33)25(17-5-4-6-18(30)12-17)27(35-24)28(37)34-10-9-16-7-8-19(36)11-16/h4-6,12-14,16,19,24-27,35-36H,7-11,15,33H2,1-3H3,(H,34,37). The Hall–Kier alpha value is -1.86. The molecule has 1 saturated carbocycles. The van der Waals surface area contributed by atoms with Crippen LogP contribution >= 0.6 is 23.2 Å². The number of amides is 1. The van der Waals surface area contributed by atoms with Gasteiger partial charge in [-0.3, -0.25) is 4.79 Å². The number of benzene rings is 2. The van der Waals surface area contributed by atoms with E-state index in [2.05, 4.69) is 31.4 Å². The normalized spacial score (nSPS) is 28.0. The summed E-state index contributed by atoms with van der Waals surface area (Å²) in [6.45, 7) is 6.99. The highest BCUT2D eigenvalue weighted by atomic mass is 35.5. The monoisotopic (exact) mass is 549 g/mol. The molecule has 0 spiro atoms. The molecule has 1 amide bonds. The van der Waals surface area contributed by atoms with Crippen molar-refractivity contribution < 1.29 is 14.3 Å². The largest absolute Gasteiger partial charge is 0.398 e. The molecular formula is C29H38Cl2FN3O2. The van der Waals surface area contributed by atoms with Crippen LogP contribution in [0.1, 0.15) is 75.8 Å². The lowest BCUT2D eigenvalue weighted by atomic mass is 9.73. The number of hydrogen-bond acceptors (Lipinski definition) is 4. The lowest BCUT2D eigenvalue weighted by molar-refractivity contribution is -0.123. The highest BCUT2D eigenvalue weighted by Gasteiger charge is 2.49. The van der Waals surface area contributed by atoms with Crippen LogP contribution < -0.4 is 16.4 Å². The summed E-state index contributed by atoms with van der Waals surface area (Å²) in [5.74, 6) is -0.795. The Morgan fingerprint density at radius 2 is 1.95 bits per heavy atom. The van der Waals surface area contributed by atoms with Gasteiger partial charge in [-0.1, -0.05) is 56.1 Å². The molecule has 5 N–H and O–H groups in total. The topological polar surface area (TPSA) is 87.4 Å². The molecule has 1 aliphatic heterocycles. The number of aliphatic hydroxyl groups excluding tert-OH is 1. The van der Waals surface area contributed by atoms with E-state index >= 15 is 0 Å². The van der Waals surface area contributed by atoms with Crippen molar-refractivity contribution in [3.63, 3.8) is 0 Å². The van der Waals surface area contributed by atoms with Gasteiger partial charge in [0.05, 0.1) is 17.2 Å². The van der Waals surface area contributed by atoms with Gasteiger partial charge in [-0.15, -0.1) is 0 Å². The van der Waals surface area contributed by atoms with Crippen molar-refractivity contribution in [2.24, 2.45) is 11.3 Å². The minimum atomic E-state index is -0.553. The second kappa shape index (κ2) is 11.5. The van der Waals surface area contributed by atoms with Crippen molar-refractivity contribution in [2.45, 2.75) is 82.9 Å². The SMILES string of the molecule is CC(C)(C)CC1NC(C(=O)NCCC2CCC(O)C2)C(c2cccc(Cl)c2)C1c1cc(F)c(Cl)cc1N. The van der Waals surface area contributed by atoms with Crippen LogP contribution in [0.4, 0.5) is 10.1 Å². The van der Waals surface area contributed by atoms with Crippen molar-refractivity contribution in [1.29, 1.82) is 0 Å². The van der Waals surface area contributed by atoms with E-state index in [1.165, 1.54) is 12.1 Å². The molecule has 2 aromatic rings. The molecular weight excluding hydrogens is 512 g/mol. The minimum absolute atomic E-state index is 0.0230. The van der Waals surface area contributed by atoms with Gasteiger partial charge in [0.1, 0.15) is 5.82 Å². The second-order valence-corrected chi connectivity index (χ2v) is 12.8. The molecule has 0 bridgehead atoms. The average Bonchev–Trinajstić information content (AvgIpc) is 3.38. The molecule has 4 rings (SSSR count). The van der Waals surface area contributed by atoms with Crippen LogP contribution in [0.2, 0.25) is 10.0 Å². The fourth-order valence-corrected chi connectivity index (χ4v) is 6.56. The first-order valence-corrected chi connectivity index (χ1v) is 13.9. The lowest BCUT2D eigenvalue weighted by Crippen LogP contribution is -2.45. The number of anilines is 1. The maximum atomic E-state index is 14.7. The van der Waals surface area contributed by atoms with Crippen LogP contribution in [0.5, 0.6) is 0 Å². The molecule has 6 unspecified atom stereocenters. The molecule has 202 valence electrons. The second-order valence-electron chi connectivity index (χ2n) is 11.9. The molecule has 2 fully saturated rings. The van der Waals surface area contributed by atoms with Gasteiger partial charge in [-0.2, -0.15) is 0 Å². The number of carbonyl (C=O) groups excluding carboxylic acids is 1. The zero-order valence-corrected chi connectivity index (χ0v) is 23.2. The highest BCUT2D eigenvalue weighted by molar-refractivity contribution is 6.31. The van der Waals surface area contributed by atoms with E-state index in [9.17, 15) is 14.3 Å². The number of nitrogens with two attached hydrogens (primary N) is 1. The van der Waals surface area contributed by atoms with Gasteiger partial charge in [-0.25, -0.2) is 4.39 Å². The van der Waals surface area contributed by atoms with E-state index in [4.69, 9.17) is 28.9 Å². The number of aliphatic hydroxyl groups is 1. The maximum Gasteiger partial charge on any atom is 0.237 e. The van der Waals surface area contributed by atoms with E-state index in [-0.39, 0.29) is 40.3 Å². The molecule has 0 aromatic heterocycles. The summed E-state index contributed by atoms with van der Waals surface area (Å²) >= 11 is 12.4. The van der Waals surface area contributed by atoms with Gasteiger partial charge in [0.15, 0.2) is 0 Å². The van der Waals surface area contributed by atoms with E-state index in [1.807, 2.05) is 18.2 Å². The quantitative estimate of drug-likeness (QED) is 0.317. The third kappa shape index (κ3) is 6.78. The van der Waals surface area contributed by atoms with Crippen molar-refractivity contribution >= 4 is 34.8 Å². The Bertz CT molecular complexity index is 1120. The molecule has 1 saturated heterocycles. The molecule has 2 aliphatic rings. The fraction of sp³-hybridized carbons (Fsp3) is 0.552. The molecule has 6 atom stereocenters. The number of rotatable bonds is 7. The summed E-state index contributed by atoms with van der Waals surface area (Å²) in [6.07, 6.45) is 3.97. The molecule has 2 aromatic carbocycles. The summed E-state index contributed by atoms with van der Waals surface area (Å²) in [4.78, 5) is 13.7. The summed E-state index contributed by atoms with van der Waals surface area (Å²) < 4.78 is 14.7. The summed E-state index contributed by atoms with van der Waals surface area (Å²) in [5.41, 5.74) is 8.32. The first-order chi connectivity index (χ1) is 17.4. The van der Waals surface area contributed by atoms with Gasteiger partial charge in [0, 0.05) is 35.1 Å². The highest BCUT2D eigenvalue weighted by Crippen LogP contribution is 2.48. The third-order valence-corrected chi connectivity index (χ3v) is 8.30. The molecule has 8 heteroatoms. The maximum absolute atomic E-state index is 14.7. The van der Waals surface area contributed by atoms with E-state index in [0.717, 1.165) is 37.7 Å². The number of hydrogen-bond donors (Lipinski definition) is 4. The Labute approximate surface area is 229 Å². The Balaban J connectivity index is 1.69. The van der Waals surface area contributed by atoms with Crippen molar-refractivity contribution in [1.82, 2.24) is 10.6 Å². The van der Waals surface area contributed by atoms with Crippen molar-refractivity contribution in [2.75, 3.05) is 12.3 Å². The van der Waals surface area contributed by atoms with Gasteiger partial charge < -0.3 is 21.5 Å². The zero-order valence-electron chi connectivity index (χ0n) is 21.7. The van der Waals surface area contributed by atoms with Gasteiger partial charge >= 0.3 is 0 Å². The van der Waals surface area contributed by atoms with Crippen LogP contribution in [0.15, 0.2) is 36.4 Å². The summed E-state index contributed by atoms with van der Waals surface area (Å²) in [7, 11) is 0. The Morgan fingerprint density at radius 3 is 2.59 bits per heavy atom. The Kier molecular flexibility index (Phi) is 8.74. The van der Waals surface area contributed by atoms with Gasteiger partial charge in [0.2, 0.25) is 5.91 Å². The number of halogens is 3. The first kappa shape index (κ1) is 28.2. The predicted octanol–water partition coefficient (Wildman–Crippen LogP) is 6.03. The van der Waals surface area contributed by atoms with Crippen molar-refractivity contribution in [3.8, 4) is 0 Å². The van der Waals surface area contributed by atoms with Gasteiger partial charge in [-0.05, 0) is 78.8 Å². The summed E-state index contributed by atoms with van der Waals surface area (Å²) in [5, 5.41) is 17.1. The van der Waals surface area contributed by atoms with Crippen LogP contribution in [-0.4, -0.2) is 35.7 Å². The molecule has 37 heavy (non-hydrogen) atoms. The zero-order chi connectivity index (χ0) is 26.9. The molecule has 5 nitrogen and oxygen atoms in total. The van der Waals surface area contributed by atoms with Gasteiger partial charge in [0.25, 0.3) is 0 Å².